The molecule has 8 saturated heterocycles. The van der Waals surface area contributed by atoms with Gasteiger partial charge in [0, 0.05) is 36.0 Å². The summed E-state index contributed by atoms with van der Waals surface area (Å²) in [4.78, 5) is 59.8. The standard InChI is InChI=1S/C27H39BN4O5.C24H35BN4O4.C14H25BN2O5.C3H4O2/c1-25(2)26(3,4)37-28(36-25)12-8-11-23-22-15-32(21-17-34-18-21)14-20(22)13-27(23,30-31-29)24(33)35-16-19-9-6-5-7-10-19;1-22(2)23(3,4)33-25(32-22)12-8-11-20-19-15-27-14-18(19)13-24(20,28-29-26)21(30)31-16-17-9-6-5-7-10-17;16-14(13(18)19)4-9-5-17(10-7-22-8-10)6-11(9)12(14)2-1-3-15(20)21;4-3-1-5-2-3/h5-7,9-10,20-23H,8,11-18H2,1-4H3;5-7,9-10,18-20,27H,8,11-16H2,1-4H3;9-12,20-21H,1-8,16H2,(H,18,19);1-2H2/t20-,22+,23-,27-;18-,19+,20-,24-;9-,11+,12-,14-;/m000./s1. The van der Waals surface area contributed by atoms with E-state index in [1.54, 1.807) is 0 Å². The number of likely N-dealkylation sites (tertiary alicyclic amines) is 2. The summed E-state index contributed by atoms with van der Waals surface area (Å²) in [5.41, 5.74) is 22.1. The van der Waals surface area contributed by atoms with Crippen LogP contribution in [0.2, 0.25) is 19.0 Å². The van der Waals surface area contributed by atoms with E-state index in [0.29, 0.717) is 69.2 Å². The smallest absolute Gasteiger partial charge is 0.457 e. The van der Waals surface area contributed by atoms with Crippen molar-refractivity contribution >= 4 is 45.0 Å². The van der Waals surface area contributed by atoms with Crippen molar-refractivity contribution in [1.82, 2.24) is 15.1 Å². The number of carboxylic acid groups (broad SMARTS) is 1. The van der Waals surface area contributed by atoms with Crippen LogP contribution >= 0.6 is 0 Å². The third-order valence-corrected chi connectivity index (χ3v) is 23.9. The lowest BCUT2D eigenvalue weighted by atomic mass is 9.75. The van der Waals surface area contributed by atoms with Gasteiger partial charge in [-0.2, -0.15) is 0 Å². The number of aliphatic carboxylic acids is 1. The molecule has 8 aliphatic heterocycles. The van der Waals surface area contributed by atoms with Crippen molar-refractivity contribution < 1.29 is 76.6 Å². The summed E-state index contributed by atoms with van der Waals surface area (Å²) in [7, 11) is -1.89. The van der Waals surface area contributed by atoms with Crippen molar-refractivity contribution in [3.63, 3.8) is 0 Å². The van der Waals surface area contributed by atoms with E-state index >= 15 is 0 Å². The Kier molecular flexibility index (Phi) is 24.1. The van der Waals surface area contributed by atoms with Crippen LogP contribution in [0.1, 0.15) is 124 Å². The fraction of sp³-hybridized carbons (Fsp3) is 0.765. The van der Waals surface area contributed by atoms with Gasteiger partial charge >= 0.3 is 39.3 Å². The first-order chi connectivity index (χ1) is 46.1. The lowest BCUT2D eigenvalue weighted by Crippen LogP contribution is -2.54. The molecule has 0 radical (unpaired) electrons. The molecule has 29 heteroatoms. The number of Topliss-reactive ketones (excluding diaryl/α,β-unsaturated/α-hetero) is 1. The van der Waals surface area contributed by atoms with Crippen molar-refractivity contribution in [2.45, 2.75) is 196 Å². The van der Waals surface area contributed by atoms with E-state index in [9.17, 15) is 35.3 Å². The number of benzene rings is 2. The maximum atomic E-state index is 13.7. The second-order valence-corrected chi connectivity index (χ2v) is 31.0. The van der Waals surface area contributed by atoms with Gasteiger partial charge < -0.3 is 68.5 Å². The average molecular weight is 1350 g/mol. The Morgan fingerprint density at radius 2 is 1.02 bits per heavy atom. The fourth-order valence-corrected chi connectivity index (χ4v) is 17.0. The Labute approximate surface area is 571 Å². The molecule has 3 saturated carbocycles. The number of azide groups is 2. The zero-order valence-corrected chi connectivity index (χ0v) is 58.0. The maximum absolute atomic E-state index is 13.7. The Morgan fingerprint density at radius 3 is 1.41 bits per heavy atom. The number of nitrogens with zero attached hydrogens (tertiary/aromatic N) is 8. The topological polar surface area (TPSA) is 354 Å². The molecule has 0 bridgehead atoms. The molecule has 2 aromatic carbocycles. The zero-order valence-electron chi connectivity index (χ0n) is 58.0. The van der Waals surface area contributed by atoms with Crippen molar-refractivity contribution in [2.75, 3.05) is 78.9 Å². The van der Waals surface area contributed by atoms with E-state index in [1.807, 2.05) is 88.4 Å². The van der Waals surface area contributed by atoms with E-state index in [2.05, 4.69) is 67.6 Å². The normalized spacial score (nSPS) is 33.1. The number of hydrogen-bond donors (Lipinski definition) is 5. The number of rotatable bonds is 23. The highest BCUT2D eigenvalue weighted by Gasteiger charge is 2.63. The number of nitrogens with two attached hydrogens (primary N) is 1. The largest absolute Gasteiger partial charge is 0.480 e. The van der Waals surface area contributed by atoms with Crippen molar-refractivity contribution in [3.8, 4) is 0 Å². The number of nitrogens with one attached hydrogen (secondary N) is 1. The molecule has 0 spiro atoms. The highest BCUT2D eigenvalue weighted by molar-refractivity contribution is 6.45. The molecule has 11 fully saturated rings. The molecular formula is C68H103B3N10O16. The van der Waals surface area contributed by atoms with Crippen LogP contribution in [0.4, 0.5) is 0 Å². The van der Waals surface area contributed by atoms with Crippen molar-refractivity contribution in [2.24, 2.45) is 69.2 Å². The van der Waals surface area contributed by atoms with E-state index in [0.717, 1.165) is 115 Å². The molecule has 13 rings (SSSR count). The number of hydrogen-bond acceptors (Lipinski definition) is 21. The minimum absolute atomic E-state index is 0.0703. The summed E-state index contributed by atoms with van der Waals surface area (Å²) in [5, 5.41) is 39.4. The molecule has 8 heterocycles. The second kappa shape index (κ2) is 31.4. The third-order valence-electron chi connectivity index (χ3n) is 23.9. The minimum atomic E-state index is -1.33. The Morgan fingerprint density at radius 1 is 0.608 bits per heavy atom. The summed E-state index contributed by atoms with van der Waals surface area (Å²) in [6.07, 6.45) is 7.67. The zero-order chi connectivity index (χ0) is 69.6. The van der Waals surface area contributed by atoms with Crippen LogP contribution in [0.15, 0.2) is 70.9 Å². The van der Waals surface area contributed by atoms with Gasteiger partial charge in [0.1, 0.15) is 43.0 Å². The third kappa shape index (κ3) is 16.6. The van der Waals surface area contributed by atoms with Crippen LogP contribution in [-0.4, -0.2) is 200 Å². The molecule has 12 atom stereocenters. The number of ketones is 1. The molecule has 0 aromatic heterocycles. The monoisotopic (exact) mass is 1350 g/mol. The quantitative estimate of drug-likeness (QED) is 0.0234. The van der Waals surface area contributed by atoms with Gasteiger partial charge in [-0.3, -0.25) is 29.0 Å². The number of carbonyl (C=O) groups is 4. The van der Waals surface area contributed by atoms with Gasteiger partial charge in [0.2, 0.25) is 0 Å². The first-order valence-corrected chi connectivity index (χ1v) is 35.2. The number of carboxylic acids is 1. The first kappa shape index (κ1) is 74.5. The molecule has 97 heavy (non-hydrogen) atoms. The molecule has 0 amide bonds. The summed E-state index contributed by atoms with van der Waals surface area (Å²) in [6.45, 7) is 25.8. The SMILES string of the molecule is CC1(C)OB(CCC[C@H]2[C@@H]3CN(C4COC4)C[C@@H]3C[C@@]2(N=[N+]=[N-])C(=O)OCc2ccccc2)OC1(C)C.CC1(C)OB(CCC[C@H]2[C@@H]3CNC[C@@H]3C[C@@]2(N=[N+]=[N-])C(=O)OCc2ccccc2)OC1(C)C.N[C@@]1(C(=O)O)C[C@H]2CN(C3COC3)C[C@H]2[C@@H]1CCCB(O)O.O=C1COC1. The maximum Gasteiger partial charge on any atom is 0.457 e. The Bertz CT molecular complexity index is 3090. The van der Waals surface area contributed by atoms with Crippen molar-refractivity contribution in [1.29, 1.82) is 0 Å². The van der Waals surface area contributed by atoms with Gasteiger partial charge in [0.05, 0.1) is 60.9 Å². The van der Waals surface area contributed by atoms with Gasteiger partial charge in [-0.25, -0.2) is 0 Å². The molecule has 3 aliphatic carbocycles. The summed E-state index contributed by atoms with van der Waals surface area (Å²) in [5.74, 6) is -0.000294. The van der Waals surface area contributed by atoms with Crippen LogP contribution in [0.3, 0.4) is 0 Å². The molecule has 0 unspecified atom stereocenters. The summed E-state index contributed by atoms with van der Waals surface area (Å²) >= 11 is 0. The van der Waals surface area contributed by atoms with Crippen LogP contribution in [0.5, 0.6) is 0 Å². The molecule has 2 aromatic rings. The molecular weight excluding hydrogens is 1250 g/mol. The van der Waals surface area contributed by atoms with Crippen LogP contribution in [0.25, 0.3) is 20.9 Å². The molecule has 6 N–H and O–H groups in total. The van der Waals surface area contributed by atoms with Gasteiger partial charge in [-0.1, -0.05) is 90.2 Å². The second-order valence-electron chi connectivity index (χ2n) is 31.0. The fourth-order valence-electron chi connectivity index (χ4n) is 17.0. The molecule has 11 aliphatic rings. The first-order valence-electron chi connectivity index (χ1n) is 35.2. The van der Waals surface area contributed by atoms with Gasteiger partial charge in [-0.15, -0.1) is 0 Å². The Hall–Kier alpha value is -5.19. The highest BCUT2D eigenvalue weighted by Crippen LogP contribution is 2.56. The number of esters is 2. The lowest BCUT2D eigenvalue weighted by Gasteiger charge is -2.37. The Balaban J connectivity index is 0.000000156. The van der Waals surface area contributed by atoms with Gasteiger partial charge in [0.15, 0.2) is 5.78 Å². The van der Waals surface area contributed by atoms with Crippen LogP contribution < -0.4 is 11.1 Å². The van der Waals surface area contributed by atoms with Crippen molar-refractivity contribution in [3.05, 3.63) is 92.7 Å². The van der Waals surface area contributed by atoms with Crippen LogP contribution in [0, 0.1) is 53.3 Å². The van der Waals surface area contributed by atoms with E-state index < -0.39 is 41.6 Å². The minimum Gasteiger partial charge on any atom is -0.480 e. The number of fused-ring (bicyclic) bond motifs is 3. The highest BCUT2D eigenvalue weighted by atomic mass is 16.7. The summed E-state index contributed by atoms with van der Waals surface area (Å²) in [6, 6.07) is 20.1. The average Bonchev–Trinajstić information content (AvgIpc) is 1.60. The number of ether oxygens (including phenoxy) is 5. The predicted octanol–water partition coefficient (Wildman–Crippen LogP) is 7.70. The van der Waals surface area contributed by atoms with Gasteiger partial charge in [-0.05, 0) is 201 Å². The number of carbonyl (C=O) groups excluding carboxylic acids is 3. The van der Waals surface area contributed by atoms with Gasteiger partial charge in [0.25, 0.3) is 0 Å². The lowest BCUT2D eigenvalue weighted by molar-refractivity contribution is -0.154. The van der Waals surface area contributed by atoms with E-state index in [-0.39, 0.29) is 103 Å². The van der Waals surface area contributed by atoms with Crippen LogP contribution in [-0.2, 0) is 74.7 Å². The van der Waals surface area contributed by atoms with E-state index in [1.165, 1.54) is 0 Å². The molecule has 530 valence electrons. The van der Waals surface area contributed by atoms with E-state index in [4.69, 9.17) is 53.3 Å². The summed E-state index contributed by atoms with van der Waals surface area (Å²) < 4.78 is 51.4. The molecule has 26 nitrogen and oxygen atoms in total. The predicted molar refractivity (Wildman–Crippen MR) is 362 cm³/mol.